The minimum absolute atomic E-state index is 0.0610. The molecule has 0 radical (unpaired) electrons. The van der Waals surface area contributed by atoms with E-state index in [2.05, 4.69) is 58.3 Å². The molecule has 208 valence electrons. The quantitative estimate of drug-likeness (QED) is 0.299. The van der Waals surface area contributed by atoms with Crippen molar-refractivity contribution in [2.75, 3.05) is 20.2 Å². The van der Waals surface area contributed by atoms with E-state index in [-0.39, 0.29) is 23.1 Å². The maximum Gasteiger partial charge on any atom is 0.261 e. The summed E-state index contributed by atoms with van der Waals surface area (Å²) in [4.78, 5) is 37.4. The van der Waals surface area contributed by atoms with Crippen LogP contribution in [0.15, 0.2) is 71.7 Å². The fraction of sp³-hybridized carbons (Fsp3) is 0.364. The van der Waals surface area contributed by atoms with E-state index in [9.17, 15) is 9.59 Å². The lowest BCUT2D eigenvalue weighted by atomic mass is 9.98. The van der Waals surface area contributed by atoms with Gasteiger partial charge < -0.3 is 14.6 Å². The summed E-state index contributed by atoms with van der Waals surface area (Å²) in [7, 11) is 2.12. The molecule has 0 unspecified atom stereocenters. The van der Waals surface area contributed by atoms with Crippen molar-refractivity contribution in [3.05, 3.63) is 105 Å². The Bertz CT molecular complexity index is 1540. The smallest absolute Gasteiger partial charge is 0.261 e. The highest BCUT2D eigenvalue weighted by Crippen LogP contribution is 2.23. The summed E-state index contributed by atoms with van der Waals surface area (Å²) in [5, 5.41) is 1.16. The van der Waals surface area contributed by atoms with Crippen molar-refractivity contribution in [3.63, 3.8) is 0 Å². The number of para-hydroxylation sites is 1. The Balaban J connectivity index is 1.18. The normalized spacial score (nSPS) is 15.5. The third-order valence-electron chi connectivity index (χ3n) is 7.84. The van der Waals surface area contributed by atoms with Gasteiger partial charge in [0.1, 0.15) is 11.3 Å². The lowest BCUT2D eigenvalue weighted by molar-refractivity contribution is 0.0578. The maximum absolute atomic E-state index is 13.3. The van der Waals surface area contributed by atoms with Crippen LogP contribution >= 0.6 is 0 Å². The number of benzene rings is 2. The van der Waals surface area contributed by atoms with E-state index < -0.39 is 0 Å². The van der Waals surface area contributed by atoms with Crippen molar-refractivity contribution in [1.29, 1.82) is 0 Å². The van der Waals surface area contributed by atoms with Crippen LogP contribution in [-0.4, -0.2) is 51.9 Å². The molecule has 3 heterocycles. The van der Waals surface area contributed by atoms with Crippen LogP contribution in [-0.2, 0) is 13.1 Å². The second kappa shape index (κ2) is 12.5. The summed E-state index contributed by atoms with van der Waals surface area (Å²) in [5.41, 5.74) is 5.06. The summed E-state index contributed by atoms with van der Waals surface area (Å²) < 4.78 is 6.16. The first-order chi connectivity index (χ1) is 19.4. The Hall–Kier alpha value is -3.97. The van der Waals surface area contributed by atoms with Gasteiger partial charge in [-0.05, 0) is 81.1 Å². The number of nitrogens with zero attached hydrogens (tertiary/aromatic N) is 3. The second-order valence-corrected chi connectivity index (χ2v) is 10.9. The van der Waals surface area contributed by atoms with Crippen LogP contribution in [0.1, 0.15) is 58.4 Å². The number of amides is 1. The van der Waals surface area contributed by atoms with E-state index in [0.29, 0.717) is 13.2 Å². The zero-order valence-corrected chi connectivity index (χ0v) is 23.7. The Labute approximate surface area is 235 Å². The predicted molar refractivity (Wildman–Crippen MR) is 159 cm³/mol. The number of pyridine rings is 2. The fourth-order valence-corrected chi connectivity index (χ4v) is 5.61. The molecule has 1 fully saturated rings. The topological polar surface area (TPSA) is 78.5 Å². The number of hydrogen-bond donors (Lipinski definition) is 1. The molecule has 7 heteroatoms. The first kappa shape index (κ1) is 27.6. The molecule has 2 aromatic heterocycles. The van der Waals surface area contributed by atoms with Crippen molar-refractivity contribution < 1.29 is 9.53 Å². The fourth-order valence-electron chi connectivity index (χ4n) is 5.61. The third kappa shape index (κ3) is 6.42. The van der Waals surface area contributed by atoms with Crippen LogP contribution in [0.25, 0.3) is 10.9 Å². The number of carbonyl (C=O) groups is 1. The van der Waals surface area contributed by atoms with Gasteiger partial charge in [-0.1, -0.05) is 36.4 Å². The molecular formula is C33H38N4O3. The first-order valence-corrected chi connectivity index (χ1v) is 14.1. The minimum Gasteiger partial charge on any atom is -0.494 e. The van der Waals surface area contributed by atoms with Gasteiger partial charge in [-0.25, -0.2) is 0 Å². The number of likely N-dealkylation sites (tertiary alicyclic amines) is 1. The number of aryl methyl sites for hydroxylation is 2. The molecule has 4 aromatic rings. The lowest BCUT2D eigenvalue weighted by Crippen LogP contribution is -2.46. The van der Waals surface area contributed by atoms with Crippen LogP contribution in [0.4, 0.5) is 0 Å². The van der Waals surface area contributed by atoms with E-state index >= 15 is 0 Å². The standard InChI is InChI=1S/C33H38N4O3/c1-23-19-30(32(38)35-24(23)2)33(39)37-17-5-4-13-28(37)15-18-40-29-14-6-9-25(20-29)21-36(3)22-27-11-7-10-26-12-8-16-34-31(26)27/h6-12,14,16,19-20,28H,4-5,13,15,17-18,21-22H2,1-3H3,(H,35,38)/t28-/m1/s1. The average Bonchev–Trinajstić information content (AvgIpc) is 2.95. The molecule has 7 nitrogen and oxygen atoms in total. The van der Waals surface area contributed by atoms with Crippen LogP contribution in [0.5, 0.6) is 5.75 Å². The predicted octanol–water partition coefficient (Wildman–Crippen LogP) is 5.64. The molecule has 0 bridgehead atoms. The average molecular weight is 539 g/mol. The van der Waals surface area contributed by atoms with Gasteiger partial charge in [-0.15, -0.1) is 0 Å². The van der Waals surface area contributed by atoms with Crippen LogP contribution in [0.3, 0.4) is 0 Å². The van der Waals surface area contributed by atoms with Gasteiger partial charge in [0.25, 0.3) is 11.5 Å². The number of nitrogens with one attached hydrogen (secondary N) is 1. The number of aromatic nitrogens is 2. The molecule has 40 heavy (non-hydrogen) atoms. The van der Waals surface area contributed by atoms with Gasteiger partial charge in [-0.3, -0.25) is 19.5 Å². The number of rotatable bonds is 9. The highest BCUT2D eigenvalue weighted by Gasteiger charge is 2.29. The maximum atomic E-state index is 13.3. The van der Waals surface area contributed by atoms with Crippen LogP contribution in [0, 0.1) is 13.8 Å². The highest BCUT2D eigenvalue weighted by atomic mass is 16.5. The summed E-state index contributed by atoms with van der Waals surface area (Å²) in [6.45, 7) is 6.53. The van der Waals surface area contributed by atoms with Gasteiger partial charge >= 0.3 is 0 Å². The Morgan fingerprint density at radius 1 is 1.07 bits per heavy atom. The van der Waals surface area contributed by atoms with E-state index in [1.54, 1.807) is 6.07 Å². The van der Waals surface area contributed by atoms with Gasteiger partial charge in [0.2, 0.25) is 0 Å². The van der Waals surface area contributed by atoms with Gasteiger partial charge in [0.15, 0.2) is 0 Å². The summed E-state index contributed by atoms with van der Waals surface area (Å²) >= 11 is 0. The number of piperidine rings is 1. The summed E-state index contributed by atoms with van der Waals surface area (Å²) in [5.74, 6) is 0.650. The molecule has 5 rings (SSSR count). The monoisotopic (exact) mass is 538 g/mol. The molecule has 2 aromatic carbocycles. The first-order valence-electron chi connectivity index (χ1n) is 14.1. The number of H-pyrrole nitrogens is 1. The van der Waals surface area contributed by atoms with Gasteiger partial charge in [0.05, 0.1) is 12.1 Å². The molecule has 1 saturated heterocycles. The Morgan fingerprint density at radius 3 is 2.77 bits per heavy atom. The number of fused-ring (bicyclic) bond motifs is 1. The molecule has 1 aliphatic heterocycles. The SMILES string of the molecule is Cc1cc(C(=O)N2CCCC[C@@H]2CCOc2cccc(CN(C)Cc3cccc4cccnc34)c2)c(=O)[nH]c1C. The Morgan fingerprint density at radius 2 is 1.90 bits per heavy atom. The lowest BCUT2D eigenvalue weighted by Gasteiger charge is -2.35. The number of hydrogen-bond acceptors (Lipinski definition) is 5. The minimum atomic E-state index is -0.313. The van der Waals surface area contributed by atoms with Crippen molar-refractivity contribution in [2.24, 2.45) is 0 Å². The van der Waals surface area contributed by atoms with Crippen molar-refractivity contribution in [1.82, 2.24) is 19.8 Å². The zero-order chi connectivity index (χ0) is 28.1. The van der Waals surface area contributed by atoms with Crippen LogP contribution < -0.4 is 10.3 Å². The van der Waals surface area contributed by atoms with Crippen LogP contribution in [0.2, 0.25) is 0 Å². The second-order valence-electron chi connectivity index (χ2n) is 10.9. The van der Waals surface area contributed by atoms with Crippen molar-refractivity contribution >= 4 is 16.8 Å². The largest absolute Gasteiger partial charge is 0.494 e. The summed E-state index contributed by atoms with van der Waals surface area (Å²) in [6, 6.07) is 20.4. The third-order valence-corrected chi connectivity index (χ3v) is 7.84. The van der Waals surface area contributed by atoms with E-state index in [4.69, 9.17) is 4.74 Å². The number of carbonyl (C=O) groups excluding carboxylic acids is 1. The molecule has 1 aliphatic rings. The highest BCUT2D eigenvalue weighted by molar-refractivity contribution is 5.94. The molecule has 0 saturated carbocycles. The van der Waals surface area contributed by atoms with E-state index in [1.807, 2.05) is 43.1 Å². The molecule has 1 atom stereocenters. The van der Waals surface area contributed by atoms with E-state index in [1.165, 1.54) is 11.1 Å². The van der Waals surface area contributed by atoms with Gasteiger partial charge in [0, 0.05) is 49.4 Å². The van der Waals surface area contributed by atoms with Crippen molar-refractivity contribution in [2.45, 2.75) is 58.7 Å². The Kier molecular flexibility index (Phi) is 8.60. The zero-order valence-electron chi connectivity index (χ0n) is 23.7. The molecule has 0 aliphatic carbocycles. The summed E-state index contributed by atoms with van der Waals surface area (Å²) in [6.07, 6.45) is 5.53. The molecule has 0 spiro atoms. The number of aromatic amines is 1. The molecule has 1 N–H and O–H groups in total. The molecule has 1 amide bonds. The van der Waals surface area contributed by atoms with Crippen molar-refractivity contribution in [3.8, 4) is 5.75 Å². The van der Waals surface area contributed by atoms with E-state index in [0.717, 1.165) is 66.7 Å². The number of ether oxygens (including phenoxy) is 1. The van der Waals surface area contributed by atoms with Gasteiger partial charge in [-0.2, -0.15) is 0 Å². The molecular weight excluding hydrogens is 500 g/mol.